The maximum absolute atomic E-state index is 13.1. The van der Waals surface area contributed by atoms with Gasteiger partial charge < -0.3 is 10.6 Å². The average Bonchev–Trinajstić information content (AvgIpc) is 3.09. The van der Waals surface area contributed by atoms with Gasteiger partial charge in [-0.05, 0) is 36.8 Å². The Bertz CT molecular complexity index is 926. The molecule has 0 saturated carbocycles. The minimum atomic E-state index is -0.386. The Labute approximate surface area is 156 Å². The standard InChI is InChI=1S/C19H18ClN5O/c1-12-16(18(26)24-15-8-3-2-4-9-15)17(13-6-5-7-14(20)10-13)25-19(23-12)21-11-22-25/h2-12,16-17H,1H3,(H,24,26)(H,21,22,23). The molecule has 1 aromatic heterocycles. The molecule has 2 heterocycles. The van der Waals surface area contributed by atoms with E-state index in [2.05, 4.69) is 20.7 Å². The Morgan fingerprint density at radius 1 is 1.19 bits per heavy atom. The summed E-state index contributed by atoms with van der Waals surface area (Å²) in [6, 6.07) is 16.5. The summed E-state index contributed by atoms with van der Waals surface area (Å²) in [7, 11) is 0. The molecule has 0 spiro atoms. The molecule has 7 heteroatoms. The number of hydrogen-bond donors (Lipinski definition) is 2. The van der Waals surface area contributed by atoms with Crippen molar-refractivity contribution in [3.63, 3.8) is 0 Å². The van der Waals surface area contributed by atoms with Gasteiger partial charge in [-0.3, -0.25) is 4.79 Å². The Balaban J connectivity index is 1.74. The maximum Gasteiger partial charge on any atom is 0.232 e. The molecule has 0 radical (unpaired) electrons. The van der Waals surface area contributed by atoms with Crippen molar-refractivity contribution >= 4 is 29.1 Å². The highest BCUT2D eigenvalue weighted by Gasteiger charge is 2.41. The van der Waals surface area contributed by atoms with Crippen molar-refractivity contribution in [3.8, 4) is 0 Å². The third-order valence-corrected chi connectivity index (χ3v) is 4.84. The van der Waals surface area contributed by atoms with Gasteiger partial charge in [0, 0.05) is 16.8 Å². The fourth-order valence-corrected chi connectivity index (χ4v) is 3.63. The van der Waals surface area contributed by atoms with Gasteiger partial charge in [-0.1, -0.05) is 41.9 Å². The molecule has 0 bridgehead atoms. The lowest BCUT2D eigenvalue weighted by Gasteiger charge is -2.36. The van der Waals surface area contributed by atoms with Crippen LogP contribution in [0.3, 0.4) is 0 Å². The lowest BCUT2D eigenvalue weighted by atomic mass is 9.85. The van der Waals surface area contributed by atoms with Gasteiger partial charge in [0.25, 0.3) is 0 Å². The fraction of sp³-hybridized carbons (Fsp3) is 0.211. The van der Waals surface area contributed by atoms with E-state index in [4.69, 9.17) is 11.6 Å². The third kappa shape index (κ3) is 3.04. The van der Waals surface area contributed by atoms with Crippen LogP contribution in [0.5, 0.6) is 0 Å². The summed E-state index contributed by atoms with van der Waals surface area (Å²) in [5, 5.41) is 11.2. The second-order valence-corrected chi connectivity index (χ2v) is 6.78. The Morgan fingerprint density at radius 2 is 2.00 bits per heavy atom. The topological polar surface area (TPSA) is 71.8 Å². The monoisotopic (exact) mass is 367 g/mol. The molecular formula is C19H18ClN5O. The van der Waals surface area contributed by atoms with E-state index in [-0.39, 0.29) is 23.9 Å². The summed E-state index contributed by atoms with van der Waals surface area (Å²) in [6.45, 7) is 1.98. The van der Waals surface area contributed by atoms with Crippen LogP contribution < -0.4 is 10.6 Å². The number of nitrogens with one attached hydrogen (secondary N) is 2. The molecule has 1 aliphatic rings. The van der Waals surface area contributed by atoms with Crippen molar-refractivity contribution in [1.82, 2.24) is 14.8 Å². The predicted molar refractivity (Wildman–Crippen MR) is 101 cm³/mol. The Morgan fingerprint density at radius 3 is 2.77 bits per heavy atom. The first-order valence-electron chi connectivity index (χ1n) is 8.41. The van der Waals surface area contributed by atoms with Crippen molar-refractivity contribution in [2.75, 3.05) is 10.6 Å². The molecule has 2 aromatic carbocycles. The molecular weight excluding hydrogens is 350 g/mol. The highest BCUT2D eigenvalue weighted by molar-refractivity contribution is 6.30. The number of carbonyl (C=O) groups is 1. The van der Waals surface area contributed by atoms with Gasteiger partial charge in [0.1, 0.15) is 6.33 Å². The molecule has 3 aromatic rings. The lowest BCUT2D eigenvalue weighted by Crippen LogP contribution is -2.46. The molecule has 3 unspecified atom stereocenters. The van der Waals surface area contributed by atoms with Crippen LogP contribution in [0.4, 0.5) is 11.6 Å². The molecule has 3 atom stereocenters. The predicted octanol–water partition coefficient (Wildman–Crippen LogP) is 3.59. The number of benzene rings is 2. The van der Waals surface area contributed by atoms with Crippen molar-refractivity contribution in [2.24, 2.45) is 5.92 Å². The molecule has 0 fully saturated rings. The molecule has 1 amide bonds. The van der Waals surface area contributed by atoms with Crippen LogP contribution >= 0.6 is 11.6 Å². The van der Waals surface area contributed by atoms with Gasteiger partial charge in [0.15, 0.2) is 0 Å². The van der Waals surface area contributed by atoms with Gasteiger partial charge >= 0.3 is 0 Å². The number of carbonyl (C=O) groups excluding carboxylic acids is 1. The van der Waals surface area contributed by atoms with E-state index in [0.29, 0.717) is 11.0 Å². The minimum Gasteiger partial charge on any atom is -0.351 e. The first kappa shape index (κ1) is 16.6. The van der Waals surface area contributed by atoms with Crippen LogP contribution in [-0.4, -0.2) is 26.7 Å². The quantitative estimate of drug-likeness (QED) is 0.742. The van der Waals surface area contributed by atoms with Crippen molar-refractivity contribution in [3.05, 3.63) is 71.5 Å². The summed E-state index contributed by atoms with van der Waals surface area (Å²) in [4.78, 5) is 17.4. The molecule has 2 N–H and O–H groups in total. The number of nitrogens with zero attached hydrogens (tertiary/aromatic N) is 3. The number of amides is 1. The van der Waals surface area contributed by atoms with Gasteiger partial charge in [0.05, 0.1) is 12.0 Å². The zero-order valence-corrected chi connectivity index (χ0v) is 14.9. The number of hydrogen-bond acceptors (Lipinski definition) is 4. The Hall–Kier alpha value is -2.86. The molecule has 26 heavy (non-hydrogen) atoms. The molecule has 6 nitrogen and oxygen atoms in total. The van der Waals surface area contributed by atoms with E-state index in [1.54, 1.807) is 4.68 Å². The molecule has 0 aliphatic carbocycles. The zero-order valence-electron chi connectivity index (χ0n) is 14.1. The van der Waals surface area contributed by atoms with E-state index in [9.17, 15) is 4.79 Å². The van der Waals surface area contributed by atoms with Crippen LogP contribution in [0.1, 0.15) is 18.5 Å². The maximum atomic E-state index is 13.1. The van der Waals surface area contributed by atoms with Crippen LogP contribution in [0.25, 0.3) is 0 Å². The average molecular weight is 368 g/mol. The van der Waals surface area contributed by atoms with E-state index in [0.717, 1.165) is 11.3 Å². The van der Waals surface area contributed by atoms with Crippen LogP contribution in [0.2, 0.25) is 5.02 Å². The molecule has 132 valence electrons. The number of para-hydroxylation sites is 1. The van der Waals surface area contributed by atoms with Crippen molar-refractivity contribution in [2.45, 2.75) is 19.0 Å². The van der Waals surface area contributed by atoms with Gasteiger partial charge in [-0.2, -0.15) is 10.1 Å². The first-order valence-corrected chi connectivity index (χ1v) is 8.78. The molecule has 1 aliphatic heterocycles. The van der Waals surface area contributed by atoms with Crippen molar-refractivity contribution < 1.29 is 4.79 Å². The van der Waals surface area contributed by atoms with Gasteiger partial charge in [0.2, 0.25) is 11.9 Å². The van der Waals surface area contributed by atoms with E-state index < -0.39 is 0 Å². The summed E-state index contributed by atoms with van der Waals surface area (Å²) >= 11 is 6.20. The van der Waals surface area contributed by atoms with Gasteiger partial charge in [-0.25, -0.2) is 4.68 Å². The normalized spacial score (nSPS) is 21.5. The highest BCUT2D eigenvalue weighted by Crippen LogP contribution is 2.37. The summed E-state index contributed by atoms with van der Waals surface area (Å²) < 4.78 is 1.75. The fourth-order valence-electron chi connectivity index (χ4n) is 3.43. The molecule has 4 rings (SSSR count). The summed E-state index contributed by atoms with van der Waals surface area (Å²) in [5.41, 5.74) is 1.68. The number of aromatic nitrogens is 3. The van der Waals surface area contributed by atoms with Crippen LogP contribution in [-0.2, 0) is 4.79 Å². The number of rotatable bonds is 3. The van der Waals surface area contributed by atoms with Crippen LogP contribution in [0, 0.1) is 5.92 Å². The number of anilines is 2. The zero-order chi connectivity index (χ0) is 18.1. The Kier molecular flexibility index (Phi) is 4.34. The minimum absolute atomic E-state index is 0.0812. The van der Waals surface area contributed by atoms with E-state index >= 15 is 0 Å². The summed E-state index contributed by atoms with van der Waals surface area (Å²) in [5.74, 6) is 0.177. The largest absolute Gasteiger partial charge is 0.351 e. The third-order valence-electron chi connectivity index (χ3n) is 4.61. The number of halogens is 1. The lowest BCUT2D eigenvalue weighted by molar-refractivity contribution is -0.121. The van der Waals surface area contributed by atoms with E-state index in [1.807, 2.05) is 61.5 Å². The highest BCUT2D eigenvalue weighted by atomic mass is 35.5. The smallest absolute Gasteiger partial charge is 0.232 e. The summed E-state index contributed by atoms with van der Waals surface area (Å²) in [6.07, 6.45) is 1.49. The van der Waals surface area contributed by atoms with Gasteiger partial charge in [-0.15, -0.1) is 0 Å². The van der Waals surface area contributed by atoms with Crippen LogP contribution in [0.15, 0.2) is 60.9 Å². The van der Waals surface area contributed by atoms with E-state index in [1.165, 1.54) is 6.33 Å². The molecule has 0 saturated heterocycles. The second-order valence-electron chi connectivity index (χ2n) is 6.34. The van der Waals surface area contributed by atoms with Crippen molar-refractivity contribution in [1.29, 1.82) is 0 Å². The first-order chi connectivity index (χ1) is 12.6. The SMILES string of the molecule is CC1Nc2ncnn2C(c2cccc(Cl)c2)C1C(=O)Nc1ccccc1. The number of fused-ring (bicyclic) bond motifs is 1. The second kappa shape index (κ2) is 6.80.